The molecule has 2 N–H and O–H groups in total. The van der Waals surface area contributed by atoms with Crippen molar-refractivity contribution in [3.8, 4) is 0 Å². The first-order valence-electron chi connectivity index (χ1n) is 5.72. The number of rotatable bonds is 5. The molecule has 0 aliphatic carbocycles. The molecule has 0 saturated heterocycles. The lowest BCUT2D eigenvalue weighted by atomic mass is 10.3. The highest BCUT2D eigenvalue weighted by Gasteiger charge is 2.20. The Hall–Kier alpha value is -1.40. The molecule has 0 aliphatic rings. The van der Waals surface area contributed by atoms with Gasteiger partial charge in [0, 0.05) is 26.7 Å². The van der Waals surface area contributed by atoms with E-state index in [4.69, 9.17) is 5.73 Å². The van der Waals surface area contributed by atoms with Crippen LogP contribution < -0.4 is 5.73 Å². The topological polar surface area (TPSA) is 66.6 Å². The Bertz CT molecular complexity index is 405. The molecule has 0 saturated carbocycles. The Morgan fingerprint density at radius 1 is 1.44 bits per heavy atom. The summed E-state index contributed by atoms with van der Waals surface area (Å²) >= 11 is 1.37. The maximum Gasteiger partial charge on any atom is 0.264 e. The van der Waals surface area contributed by atoms with Crippen LogP contribution in [-0.4, -0.2) is 54.8 Å². The third-order valence-electron chi connectivity index (χ3n) is 2.85. The summed E-state index contributed by atoms with van der Waals surface area (Å²) < 4.78 is 0. The van der Waals surface area contributed by atoms with Gasteiger partial charge in [0.1, 0.15) is 0 Å². The summed E-state index contributed by atoms with van der Waals surface area (Å²) in [5.74, 6) is -0.243. The summed E-state index contributed by atoms with van der Waals surface area (Å²) in [6, 6.07) is 3.54. The lowest BCUT2D eigenvalue weighted by Crippen LogP contribution is -2.45. The molecule has 0 bridgehead atoms. The van der Waals surface area contributed by atoms with Crippen LogP contribution in [0.4, 0.5) is 0 Å². The Labute approximate surface area is 111 Å². The SMILES string of the molecule is CC(CN)N(C)C(=O)CN(C)C(=O)c1cccs1. The quantitative estimate of drug-likeness (QED) is 0.852. The molecule has 1 atom stereocenters. The second-order valence-electron chi connectivity index (χ2n) is 4.23. The van der Waals surface area contributed by atoms with E-state index in [0.29, 0.717) is 11.4 Å². The molecule has 100 valence electrons. The van der Waals surface area contributed by atoms with Gasteiger partial charge in [0.05, 0.1) is 11.4 Å². The van der Waals surface area contributed by atoms with Gasteiger partial charge in [-0.2, -0.15) is 0 Å². The van der Waals surface area contributed by atoms with Crippen molar-refractivity contribution in [2.75, 3.05) is 27.2 Å². The Balaban J connectivity index is 2.57. The van der Waals surface area contributed by atoms with Crippen LogP contribution in [0.25, 0.3) is 0 Å². The van der Waals surface area contributed by atoms with E-state index in [-0.39, 0.29) is 24.4 Å². The van der Waals surface area contributed by atoms with Crippen molar-refractivity contribution in [1.29, 1.82) is 0 Å². The van der Waals surface area contributed by atoms with Gasteiger partial charge in [-0.25, -0.2) is 0 Å². The molecule has 0 fully saturated rings. The van der Waals surface area contributed by atoms with Crippen LogP contribution in [0.1, 0.15) is 16.6 Å². The highest BCUT2D eigenvalue weighted by molar-refractivity contribution is 7.12. The summed E-state index contributed by atoms with van der Waals surface area (Å²) in [7, 11) is 3.32. The lowest BCUT2D eigenvalue weighted by Gasteiger charge is -2.26. The number of nitrogens with zero attached hydrogens (tertiary/aromatic N) is 2. The number of nitrogens with two attached hydrogens (primary N) is 1. The first-order chi connectivity index (χ1) is 8.47. The number of amides is 2. The van der Waals surface area contributed by atoms with E-state index in [9.17, 15) is 9.59 Å². The van der Waals surface area contributed by atoms with Crippen LogP contribution in [0.2, 0.25) is 0 Å². The zero-order valence-corrected chi connectivity index (χ0v) is 11.7. The predicted octanol–water partition coefficient (Wildman–Crippen LogP) is 0.626. The number of likely N-dealkylation sites (N-methyl/N-ethyl adjacent to an activating group) is 2. The van der Waals surface area contributed by atoms with E-state index in [1.165, 1.54) is 16.2 Å². The minimum Gasteiger partial charge on any atom is -0.340 e. The zero-order chi connectivity index (χ0) is 13.7. The summed E-state index contributed by atoms with van der Waals surface area (Å²) in [4.78, 5) is 27.5. The maximum absolute atomic E-state index is 11.9. The van der Waals surface area contributed by atoms with Gasteiger partial charge in [0.15, 0.2) is 0 Å². The Morgan fingerprint density at radius 2 is 2.11 bits per heavy atom. The van der Waals surface area contributed by atoms with Gasteiger partial charge in [-0.15, -0.1) is 11.3 Å². The highest BCUT2D eigenvalue weighted by Crippen LogP contribution is 2.11. The van der Waals surface area contributed by atoms with Gasteiger partial charge >= 0.3 is 0 Å². The summed E-state index contributed by atoms with van der Waals surface area (Å²) in [5, 5.41) is 1.84. The zero-order valence-electron chi connectivity index (χ0n) is 10.9. The van der Waals surface area contributed by atoms with Gasteiger partial charge in [0.25, 0.3) is 5.91 Å². The molecule has 6 heteroatoms. The van der Waals surface area contributed by atoms with Crippen molar-refractivity contribution in [3.05, 3.63) is 22.4 Å². The molecule has 0 aliphatic heterocycles. The van der Waals surface area contributed by atoms with Crippen molar-refractivity contribution in [2.45, 2.75) is 13.0 Å². The van der Waals surface area contributed by atoms with E-state index >= 15 is 0 Å². The second kappa shape index (κ2) is 6.51. The van der Waals surface area contributed by atoms with Crippen LogP contribution in [0.5, 0.6) is 0 Å². The number of hydrogen-bond acceptors (Lipinski definition) is 4. The van der Waals surface area contributed by atoms with Crippen LogP contribution >= 0.6 is 11.3 Å². The minimum atomic E-state index is -0.132. The van der Waals surface area contributed by atoms with E-state index < -0.39 is 0 Å². The largest absolute Gasteiger partial charge is 0.340 e. The third kappa shape index (κ3) is 3.54. The smallest absolute Gasteiger partial charge is 0.264 e. The van der Waals surface area contributed by atoms with Crippen LogP contribution in [-0.2, 0) is 4.79 Å². The van der Waals surface area contributed by atoms with E-state index in [1.54, 1.807) is 25.1 Å². The van der Waals surface area contributed by atoms with E-state index in [0.717, 1.165) is 0 Å². The fourth-order valence-corrected chi connectivity index (χ4v) is 2.10. The fraction of sp³-hybridized carbons (Fsp3) is 0.500. The number of carbonyl (C=O) groups excluding carboxylic acids is 2. The molecular formula is C12H19N3O2S. The van der Waals surface area contributed by atoms with E-state index in [2.05, 4.69) is 0 Å². The molecule has 0 spiro atoms. The van der Waals surface area contributed by atoms with Crippen LogP contribution in [0.3, 0.4) is 0 Å². The molecule has 5 nitrogen and oxygen atoms in total. The van der Waals surface area contributed by atoms with Crippen molar-refractivity contribution in [3.63, 3.8) is 0 Å². The average molecular weight is 269 g/mol. The van der Waals surface area contributed by atoms with Gasteiger partial charge in [-0.05, 0) is 18.4 Å². The molecule has 1 unspecified atom stereocenters. The molecule has 0 aromatic carbocycles. The number of carbonyl (C=O) groups is 2. The molecular weight excluding hydrogens is 250 g/mol. The van der Waals surface area contributed by atoms with Crippen LogP contribution in [0.15, 0.2) is 17.5 Å². The van der Waals surface area contributed by atoms with Crippen molar-refractivity contribution < 1.29 is 9.59 Å². The molecule has 1 aromatic heterocycles. The number of thiophene rings is 1. The monoisotopic (exact) mass is 269 g/mol. The van der Waals surface area contributed by atoms with Gasteiger partial charge in [-0.1, -0.05) is 6.07 Å². The fourth-order valence-electron chi connectivity index (χ4n) is 1.38. The second-order valence-corrected chi connectivity index (χ2v) is 5.18. The summed E-state index contributed by atoms with van der Waals surface area (Å²) in [5.41, 5.74) is 5.51. The highest BCUT2D eigenvalue weighted by atomic mass is 32.1. The Morgan fingerprint density at radius 3 is 2.61 bits per heavy atom. The first-order valence-corrected chi connectivity index (χ1v) is 6.60. The van der Waals surface area contributed by atoms with Gasteiger partial charge in [0.2, 0.25) is 5.91 Å². The average Bonchev–Trinajstić information content (AvgIpc) is 2.89. The molecule has 2 amide bonds. The molecule has 1 rings (SSSR count). The summed E-state index contributed by atoms with van der Waals surface area (Å²) in [6.45, 7) is 2.35. The third-order valence-corrected chi connectivity index (χ3v) is 3.70. The molecule has 18 heavy (non-hydrogen) atoms. The van der Waals surface area contributed by atoms with E-state index in [1.807, 2.05) is 18.4 Å². The predicted molar refractivity (Wildman–Crippen MR) is 72.6 cm³/mol. The van der Waals surface area contributed by atoms with Crippen molar-refractivity contribution in [1.82, 2.24) is 9.80 Å². The number of hydrogen-bond donors (Lipinski definition) is 1. The standard InChI is InChI=1S/C12H19N3O2S/c1-9(7-13)15(3)11(16)8-14(2)12(17)10-5-4-6-18-10/h4-6,9H,7-8,13H2,1-3H3. The van der Waals surface area contributed by atoms with Gasteiger partial charge in [-0.3, -0.25) is 9.59 Å². The maximum atomic E-state index is 11.9. The minimum absolute atomic E-state index is 0.0252. The normalized spacial score (nSPS) is 12.0. The Kier molecular flexibility index (Phi) is 5.30. The summed E-state index contributed by atoms with van der Waals surface area (Å²) in [6.07, 6.45) is 0. The molecule has 0 radical (unpaired) electrons. The van der Waals surface area contributed by atoms with Crippen molar-refractivity contribution >= 4 is 23.2 Å². The molecule has 1 aromatic rings. The van der Waals surface area contributed by atoms with Crippen molar-refractivity contribution in [2.24, 2.45) is 5.73 Å². The molecule has 1 heterocycles. The van der Waals surface area contributed by atoms with Crippen LogP contribution in [0, 0.1) is 0 Å². The van der Waals surface area contributed by atoms with Gasteiger partial charge < -0.3 is 15.5 Å². The lowest BCUT2D eigenvalue weighted by molar-refractivity contribution is -0.131. The first kappa shape index (κ1) is 14.7.